The number of amides is 2. The van der Waals surface area contributed by atoms with Gasteiger partial charge in [-0.15, -0.1) is 0 Å². The van der Waals surface area contributed by atoms with Crippen LogP contribution in [0.3, 0.4) is 0 Å². The standard InChI is InChI=1S/C29H32ClN3O5S/c1-17(19-8-12-22(37-5)13-9-19)31-27(35)23-15-20(14-18-6-10-21(30)11-7-18)25(34)24-26(23)39-16-33(24)32-28(36)38-29(2,3)4/h6-13,15,17,20H,14,16H2,1-5H3,(H,31,35)(H,32,36)/t17-,20?/m0/s1. The minimum absolute atomic E-state index is 0.180. The van der Waals surface area contributed by atoms with Gasteiger partial charge >= 0.3 is 6.09 Å². The number of hydrazine groups is 1. The maximum atomic E-state index is 13.7. The molecule has 0 radical (unpaired) electrons. The summed E-state index contributed by atoms with van der Waals surface area (Å²) in [5, 5.41) is 5.12. The molecule has 1 heterocycles. The minimum atomic E-state index is -0.704. The van der Waals surface area contributed by atoms with Gasteiger partial charge in [0, 0.05) is 10.9 Å². The second kappa shape index (κ2) is 11.8. The quantitative estimate of drug-likeness (QED) is 0.451. The minimum Gasteiger partial charge on any atom is -0.497 e. The number of hydrogen-bond acceptors (Lipinski definition) is 7. The third kappa shape index (κ3) is 6.96. The van der Waals surface area contributed by atoms with Gasteiger partial charge in [0.25, 0.3) is 5.91 Å². The zero-order valence-corrected chi connectivity index (χ0v) is 24.1. The summed E-state index contributed by atoms with van der Waals surface area (Å²) in [7, 11) is 1.60. The van der Waals surface area contributed by atoms with Crippen LogP contribution >= 0.6 is 23.4 Å². The lowest BCUT2D eigenvalue weighted by atomic mass is 9.86. The third-order valence-corrected chi connectivity index (χ3v) is 7.55. The van der Waals surface area contributed by atoms with E-state index in [1.54, 1.807) is 46.1 Å². The van der Waals surface area contributed by atoms with Crippen LogP contribution in [0.5, 0.6) is 5.75 Å². The molecular formula is C29H32ClN3O5S. The van der Waals surface area contributed by atoms with E-state index in [-0.39, 0.29) is 29.3 Å². The Balaban J connectivity index is 1.62. The molecule has 2 aromatic rings. The first-order chi connectivity index (χ1) is 18.4. The Labute approximate surface area is 237 Å². The van der Waals surface area contributed by atoms with E-state index in [1.807, 2.05) is 43.3 Å². The van der Waals surface area contributed by atoms with Crippen LogP contribution in [0.2, 0.25) is 5.02 Å². The van der Waals surface area contributed by atoms with E-state index in [2.05, 4.69) is 10.7 Å². The summed E-state index contributed by atoms with van der Waals surface area (Å²) in [6.45, 7) is 7.18. The Hall–Kier alpha value is -3.43. The molecule has 2 amide bonds. The number of allylic oxidation sites excluding steroid dienone is 2. The third-order valence-electron chi connectivity index (χ3n) is 6.21. The van der Waals surface area contributed by atoms with E-state index in [0.29, 0.717) is 21.9 Å². The Morgan fingerprint density at radius 3 is 2.41 bits per heavy atom. The summed E-state index contributed by atoms with van der Waals surface area (Å²) >= 11 is 7.37. The monoisotopic (exact) mass is 569 g/mol. The average Bonchev–Trinajstić information content (AvgIpc) is 3.29. The predicted octanol–water partition coefficient (Wildman–Crippen LogP) is 5.55. The molecule has 0 saturated heterocycles. The summed E-state index contributed by atoms with van der Waals surface area (Å²) in [6.07, 6.45) is 1.44. The predicted molar refractivity (Wildman–Crippen MR) is 152 cm³/mol. The van der Waals surface area contributed by atoms with Crippen LogP contribution in [-0.4, -0.2) is 41.4 Å². The highest BCUT2D eigenvalue weighted by molar-refractivity contribution is 8.03. The van der Waals surface area contributed by atoms with E-state index < -0.39 is 17.6 Å². The SMILES string of the molecule is COc1ccc([C@H](C)NC(=O)C2=CC(Cc3ccc(Cl)cc3)C(=O)C3=C2SCN3NC(=O)OC(C)(C)C)cc1. The van der Waals surface area contributed by atoms with Crippen molar-refractivity contribution >= 4 is 41.1 Å². The van der Waals surface area contributed by atoms with Gasteiger partial charge in [0.05, 0.1) is 29.5 Å². The topological polar surface area (TPSA) is 97.0 Å². The van der Waals surface area contributed by atoms with Gasteiger partial charge in [-0.25, -0.2) is 10.2 Å². The van der Waals surface area contributed by atoms with Crippen LogP contribution in [-0.2, 0) is 20.7 Å². The van der Waals surface area contributed by atoms with Crippen LogP contribution in [0.1, 0.15) is 44.9 Å². The molecule has 2 aromatic carbocycles. The lowest BCUT2D eigenvalue weighted by Gasteiger charge is -2.28. The second-order valence-corrected chi connectivity index (χ2v) is 11.7. The molecule has 4 rings (SSSR count). The average molecular weight is 570 g/mol. The van der Waals surface area contributed by atoms with E-state index >= 15 is 0 Å². The van der Waals surface area contributed by atoms with Gasteiger partial charge in [-0.05, 0) is 69.5 Å². The van der Waals surface area contributed by atoms with E-state index in [0.717, 1.165) is 16.9 Å². The number of hydrogen-bond donors (Lipinski definition) is 2. The van der Waals surface area contributed by atoms with Crippen LogP contribution in [0.25, 0.3) is 0 Å². The first-order valence-corrected chi connectivity index (χ1v) is 13.9. The van der Waals surface area contributed by atoms with E-state index in [9.17, 15) is 14.4 Å². The van der Waals surface area contributed by atoms with E-state index in [4.69, 9.17) is 21.1 Å². The largest absolute Gasteiger partial charge is 0.497 e. The van der Waals surface area contributed by atoms with Gasteiger partial charge in [-0.3, -0.25) is 14.6 Å². The zero-order valence-electron chi connectivity index (χ0n) is 22.5. The van der Waals surface area contributed by atoms with Gasteiger partial charge in [-0.1, -0.05) is 53.7 Å². The molecule has 2 N–H and O–H groups in total. The number of thioether (sulfide) groups is 1. The number of nitrogens with zero attached hydrogens (tertiary/aromatic N) is 1. The molecule has 2 aliphatic rings. The van der Waals surface area contributed by atoms with Crippen LogP contribution < -0.4 is 15.5 Å². The molecule has 0 fully saturated rings. The molecule has 8 nitrogen and oxygen atoms in total. The molecule has 1 unspecified atom stereocenters. The van der Waals surface area contributed by atoms with Crippen molar-refractivity contribution in [3.8, 4) is 5.75 Å². The molecule has 0 aromatic heterocycles. The number of halogens is 1. The Bertz CT molecular complexity index is 1320. The van der Waals surface area contributed by atoms with Crippen molar-refractivity contribution in [3.63, 3.8) is 0 Å². The van der Waals surface area contributed by atoms with Crippen molar-refractivity contribution in [1.82, 2.24) is 15.8 Å². The summed E-state index contributed by atoms with van der Waals surface area (Å²) in [6, 6.07) is 14.4. The molecule has 39 heavy (non-hydrogen) atoms. The zero-order chi connectivity index (χ0) is 28.3. The number of carbonyl (C=O) groups excluding carboxylic acids is 3. The molecule has 0 spiro atoms. The van der Waals surface area contributed by atoms with Crippen LogP contribution in [0, 0.1) is 5.92 Å². The summed E-state index contributed by atoms with van der Waals surface area (Å²) in [5.41, 5.74) is 4.48. The van der Waals surface area contributed by atoms with Crippen molar-refractivity contribution in [1.29, 1.82) is 0 Å². The summed E-state index contributed by atoms with van der Waals surface area (Å²) < 4.78 is 10.6. The smallest absolute Gasteiger partial charge is 0.426 e. The number of methoxy groups -OCH3 is 1. The normalized spacial score (nSPS) is 17.8. The number of ketones is 1. The molecule has 2 atom stereocenters. The fourth-order valence-corrected chi connectivity index (χ4v) is 5.56. The molecule has 0 saturated carbocycles. The molecule has 206 valence electrons. The fourth-order valence-electron chi connectivity index (χ4n) is 4.32. The maximum Gasteiger partial charge on any atom is 0.426 e. The first kappa shape index (κ1) is 28.6. The number of benzene rings is 2. The Morgan fingerprint density at radius 1 is 1.13 bits per heavy atom. The van der Waals surface area contributed by atoms with Gasteiger partial charge in [0.1, 0.15) is 17.0 Å². The van der Waals surface area contributed by atoms with Gasteiger partial charge in [-0.2, -0.15) is 0 Å². The first-order valence-electron chi connectivity index (χ1n) is 12.5. The number of carbonyl (C=O) groups is 3. The van der Waals surface area contributed by atoms with Gasteiger partial charge < -0.3 is 14.8 Å². The van der Waals surface area contributed by atoms with Crippen molar-refractivity contribution < 1.29 is 23.9 Å². The Kier molecular flexibility index (Phi) is 8.61. The number of Topliss-reactive ketones (excluding diaryl/α,β-unsaturated/α-hetero) is 1. The van der Waals surface area contributed by atoms with Gasteiger partial charge in [0.2, 0.25) is 0 Å². The van der Waals surface area contributed by atoms with Crippen molar-refractivity contribution in [2.75, 3.05) is 13.0 Å². The number of nitrogens with one attached hydrogen (secondary N) is 2. The molecule has 1 aliphatic heterocycles. The number of rotatable bonds is 7. The lowest BCUT2D eigenvalue weighted by Crippen LogP contribution is -2.45. The Morgan fingerprint density at radius 2 is 1.79 bits per heavy atom. The highest BCUT2D eigenvalue weighted by Gasteiger charge is 2.41. The highest BCUT2D eigenvalue weighted by atomic mass is 35.5. The summed E-state index contributed by atoms with van der Waals surface area (Å²) in [4.78, 5) is 40.4. The lowest BCUT2D eigenvalue weighted by molar-refractivity contribution is -0.119. The van der Waals surface area contributed by atoms with Gasteiger partial charge in [0.15, 0.2) is 5.78 Å². The van der Waals surface area contributed by atoms with Crippen molar-refractivity contribution in [2.24, 2.45) is 5.92 Å². The molecule has 10 heteroatoms. The second-order valence-electron chi connectivity index (χ2n) is 10.3. The molecule has 0 bridgehead atoms. The number of ether oxygens (including phenoxy) is 2. The van der Waals surface area contributed by atoms with E-state index in [1.165, 1.54) is 16.8 Å². The maximum absolute atomic E-state index is 13.7. The summed E-state index contributed by atoms with van der Waals surface area (Å²) in [5.74, 6) is -0.0944. The highest BCUT2D eigenvalue weighted by Crippen LogP contribution is 2.42. The fraction of sp³-hybridized carbons (Fsp3) is 0.345. The van der Waals surface area contributed by atoms with Crippen LogP contribution in [0.4, 0.5) is 4.79 Å². The van der Waals surface area contributed by atoms with Crippen molar-refractivity contribution in [2.45, 2.75) is 45.8 Å². The van der Waals surface area contributed by atoms with Crippen LogP contribution in [0.15, 0.2) is 70.8 Å². The van der Waals surface area contributed by atoms with Crippen molar-refractivity contribution in [3.05, 3.63) is 86.9 Å². The molecular weight excluding hydrogens is 538 g/mol. The molecule has 1 aliphatic carbocycles.